The molecule has 1 heterocycles. The molecule has 35 heavy (non-hydrogen) atoms. The molecule has 1 atom stereocenters. The molecular weight excluding hydrogens is 473 g/mol. The Bertz CT molecular complexity index is 1340. The minimum Gasteiger partial charge on any atom is -0.493 e. The van der Waals surface area contributed by atoms with Crippen LogP contribution in [0.2, 0.25) is 5.02 Å². The molecule has 0 bridgehead atoms. The smallest absolute Gasteiger partial charge is 0.252 e. The molecule has 0 radical (unpaired) electrons. The minimum atomic E-state index is -0.514. The van der Waals surface area contributed by atoms with E-state index in [1.165, 1.54) is 27.4 Å². The Hall–Kier alpha value is -3.78. The summed E-state index contributed by atoms with van der Waals surface area (Å²) in [7, 11) is 4.46. The minimum absolute atomic E-state index is 0.158. The number of nitrogens with one attached hydrogen (secondary N) is 1. The van der Waals surface area contributed by atoms with Crippen molar-refractivity contribution in [3.8, 4) is 17.2 Å². The molecule has 1 amide bonds. The standard InChI is InChI=1S/C26H25ClFN3O4/c1-15(29-26(32)16-12-22(33-2)24(35-4)23(13-16)34-3)25-30-20-10-5-6-11-21(20)31(25)14-17-18(27)8-7-9-19(17)28/h5-13,15H,14H2,1-4H3,(H,29,32). The average Bonchev–Trinajstić information content (AvgIpc) is 3.23. The predicted octanol–water partition coefficient (Wildman–Crippen LogP) is 5.39. The molecule has 1 aromatic heterocycles. The van der Waals surface area contributed by atoms with Crippen LogP contribution in [-0.4, -0.2) is 36.8 Å². The van der Waals surface area contributed by atoms with Crippen LogP contribution in [0, 0.1) is 5.82 Å². The lowest BCUT2D eigenvalue weighted by Gasteiger charge is -2.18. The van der Waals surface area contributed by atoms with Gasteiger partial charge >= 0.3 is 0 Å². The largest absolute Gasteiger partial charge is 0.493 e. The van der Waals surface area contributed by atoms with Gasteiger partial charge in [0.05, 0.1) is 44.9 Å². The number of halogens is 2. The number of fused-ring (bicyclic) bond motifs is 1. The fraction of sp³-hybridized carbons (Fsp3) is 0.231. The monoisotopic (exact) mass is 497 g/mol. The van der Waals surface area contributed by atoms with Crippen LogP contribution in [0.25, 0.3) is 11.0 Å². The number of carbonyl (C=O) groups excluding carboxylic acids is 1. The lowest BCUT2D eigenvalue weighted by Crippen LogP contribution is -2.29. The molecule has 0 saturated carbocycles. The highest BCUT2D eigenvalue weighted by Crippen LogP contribution is 2.38. The van der Waals surface area contributed by atoms with Crippen molar-refractivity contribution in [2.75, 3.05) is 21.3 Å². The number of aromatic nitrogens is 2. The van der Waals surface area contributed by atoms with E-state index < -0.39 is 11.9 Å². The van der Waals surface area contributed by atoms with Crippen molar-refractivity contribution in [2.45, 2.75) is 19.5 Å². The van der Waals surface area contributed by atoms with Crippen LogP contribution in [-0.2, 0) is 6.54 Å². The van der Waals surface area contributed by atoms with Gasteiger partial charge in [-0.25, -0.2) is 9.37 Å². The van der Waals surface area contributed by atoms with Crippen molar-refractivity contribution in [1.82, 2.24) is 14.9 Å². The summed E-state index contributed by atoms with van der Waals surface area (Å²) in [5.41, 5.74) is 2.20. The molecule has 1 N–H and O–H groups in total. The van der Waals surface area contributed by atoms with E-state index >= 15 is 0 Å². The number of para-hydroxylation sites is 2. The van der Waals surface area contributed by atoms with Crippen LogP contribution in [0.15, 0.2) is 54.6 Å². The van der Waals surface area contributed by atoms with Gasteiger partial charge in [-0.2, -0.15) is 0 Å². The number of carbonyl (C=O) groups is 1. The number of ether oxygens (including phenoxy) is 3. The Labute approximate surface area is 207 Å². The Morgan fingerprint density at radius 1 is 1.06 bits per heavy atom. The third-order valence-electron chi connectivity index (χ3n) is 5.72. The van der Waals surface area contributed by atoms with E-state index in [1.54, 1.807) is 24.3 Å². The van der Waals surface area contributed by atoms with Gasteiger partial charge in [-0.1, -0.05) is 29.8 Å². The number of imidazole rings is 1. The molecule has 0 aliphatic rings. The molecule has 3 aromatic carbocycles. The van der Waals surface area contributed by atoms with Gasteiger partial charge in [-0.05, 0) is 43.3 Å². The third kappa shape index (κ3) is 4.74. The van der Waals surface area contributed by atoms with Crippen LogP contribution in [0.1, 0.15) is 34.7 Å². The summed E-state index contributed by atoms with van der Waals surface area (Å²) < 4.78 is 32.5. The molecule has 1 unspecified atom stereocenters. The number of rotatable bonds is 8. The van der Waals surface area contributed by atoms with Gasteiger partial charge < -0.3 is 24.1 Å². The number of nitrogens with zero attached hydrogens (tertiary/aromatic N) is 2. The van der Waals surface area contributed by atoms with Crippen LogP contribution in [0.3, 0.4) is 0 Å². The van der Waals surface area contributed by atoms with Crippen LogP contribution >= 0.6 is 11.6 Å². The zero-order valence-electron chi connectivity index (χ0n) is 19.8. The van der Waals surface area contributed by atoms with Crippen molar-refractivity contribution in [3.63, 3.8) is 0 Å². The lowest BCUT2D eigenvalue weighted by atomic mass is 10.1. The maximum atomic E-state index is 14.6. The highest BCUT2D eigenvalue weighted by atomic mass is 35.5. The SMILES string of the molecule is COc1cc(C(=O)NC(C)c2nc3ccccc3n2Cc2c(F)cccc2Cl)cc(OC)c1OC. The molecule has 9 heteroatoms. The quantitative estimate of drug-likeness (QED) is 0.353. The molecular formula is C26H25ClFN3O4. The van der Waals surface area contributed by atoms with Gasteiger partial charge in [-0.15, -0.1) is 0 Å². The van der Waals surface area contributed by atoms with Crippen molar-refractivity contribution in [3.05, 3.63) is 82.4 Å². The molecule has 4 aromatic rings. The average molecular weight is 498 g/mol. The normalized spacial score (nSPS) is 11.8. The first-order valence-corrected chi connectivity index (χ1v) is 11.2. The highest BCUT2D eigenvalue weighted by Gasteiger charge is 2.23. The fourth-order valence-electron chi connectivity index (χ4n) is 3.99. The maximum Gasteiger partial charge on any atom is 0.252 e. The second kappa shape index (κ2) is 10.2. The molecule has 0 aliphatic heterocycles. The molecule has 7 nitrogen and oxygen atoms in total. The summed E-state index contributed by atoms with van der Waals surface area (Å²) in [5.74, 6) is 0.918. The van der Waals surface area contributed by atoms with Gasteiger partial charge in [0.15, 0.2) is 11.5 Å². The molecule has 0 aliphatic carbocycles. The Morgan fingerprint density at radius 2 is 1.74 bits per heavy atom. The molecule has 4 rings (SSSR count). The van der Waals surface area contributed by atoms with E-state index in [4.69, 9.17) is 30.8 Å². The van der Waals surface area contributed by atoms with Gasteiger partial charge in [-0.3, -0.25) is 4.79 Å². The van der Waals surface area contributed by atoms with Crippen molar-refractivity contribution >= 4 is 28.5 Å². The molecule has 0 fully saturated rings. The zero-order valence-corrected chi connectivity index (χ0v) is 20.5. The topological polar surface area (TPSA) is 74.6 Å². The summed E-state index contributed by atoms with van der Waals surface area (Å²) in [6, 6.07) is 14.7. The first-order valence-electron chi connectivity index (χ1n) is 10.9. The first kappa shape index (κ1) is 24.3. The van der Waals surface area contributed by atoms with Gasteiger partial charge in [0.2, 0.25) is 5.75 Å². The van der Waals surface area contributed by atoms with Gasteiger partial charge in [0.25, 0.3) is 5.91 Å². The van der Waals surface area contributed by atoms with Gasteiger partial charge in [0, 0.05) is 16.1 Å². The highest BCUT2D eigenvalue weighted by molar-refractivity contribution is 6.31. The summed E-state index contributed by atoms with van der Waals surface area (Å²) in [6.07, 6.45) is 0. The van der Waals surface area contributed by atoms with Crippen LogP contribution in [0.5, 0.6) is 17.2 Å². The van der Waals surface area contributed by atoms with E-state index in [-0.39, 0.29) is 12.5 Å². The molecule has 0 saturated heterocycles. The summed E-state index contributed by atoms with van der Waals surface area (Å²) in [6.45, 7) is 1.97. The van der Waals surface area contributed by atoms with Crippen molar-refractivity contribution in [1.29, 1.82) is 0 Å². The fourth-order valence-corrected chi connectivity index (χ4v) is 4.21. The summed E-state index contributed by atoms with van der Waals surface area (Å²) in [4.78, 5) is 17.9. The Morgan fingerprint density at radius 3 is 2.37 bits per heavy atom. The Kier molecular flexibility index (Phi) is 7.12. The number of hydrogen-bond donors (Lipinski definition) is 1. The Balaban J connectivity index is 1.70. The van der Waals surface area contributed by atoms with E-state index in [1.807, 2.05) is 35.8 Å². The number of methoxy groups -OCH3 is 3. The zero-order chi connectivity index (χ0) is 25.1. The molecule has 0 spiro atoms. The number of benzene rings is 3. The van der Waals surface area contributed by atoms with Crippen molar-refractivity contribution in [2.24, 2.45) is 0 Å². The third-order valence-corrected chi connectivity index (χ3v) is 6.08. The van der Waals surface area contributed by atoms with Gasteiger partial charge in [0.1, 0.15) is 11.6 Å². The lowest BCUT2D eigenvalue weighted by molar-refractivity contribution is 0.0937. The van der Waals surface area contributed by atoms with Crippen LogP contribution in [0.4, 0.5) is 4.39 Å². The van der Waals surface area contributed by atoms with E-state index in [0.717, 1.165) is 11.0 Å². The summed E-state index contributed by atoms with van der Waals surface area (Å²) in [5, 5.41) is 3.29. The number of hydrogen-bond acceptors (Lipinski definition) is 5. The van der Waals surface area contributed by atoms with E-state index in [2.05, 4.69) is 5.32 Å². The second-order valence-electron chi connectivity index (χ2n) is 7.85. The molecule has 182 valence electrons. The maximum absolute atomic E-state index is 14.6. The van der Waals surface area contributed by atoms with Crippen molar-refractivity contribution < 1.29 is 23.4 Å². The van der Waals surface area contributed by atoms with E-state index in [0.29, 0.717) is 39.2 Å². The predicted molar refractivity (Wildman–Crippen MR) is 132 cm³/mol. The first-order chi connectivity index (χ1) is 16.9. The number of amides is 1. The second-order valence-corrected chi connectivity index (χ2v) is 8.26. The van der Waals surface area contributed by atoms with E-state index in [9.17, 15) is 9.18 Å². The van der Waals surface area contributed by atoms with Crippen LogP contribution < -0.4 is 19.5 Å². The summed E-state index contributed by atoms with van der Waals surface area (Å²) >= 11 is 6.30.